The number of methoxy groups -OCH3 is 1. The maximum absolute atomic E-state index is 10.9. The van der Waals surface area contributed by atoms with Gasteiger partial charge in [0.1, 0.15) is 12.2 Å². The van der Waals surface area contributed by atoms with Crippen LogP contribution in [0.1, 0.15) is 28.5 Å². The number of aliphatic hydroxyl groups is 1. The van der Waals surface area contributed by atoms with E-state index in [1.807, 2.05) is 0 Å². The summed E-state index contributed by atoms with van der Waals surface area (Å²) in [6, 6.07) is -2.28. The standard InChI is InChI=1S/C18H21NO3/c1-19-8-7-18-11-4-5-13(20)17(18)22-16-14(21-2)6-3-10(15(16)18)9-12(11)19/h3-6,11-13,17,20H,7-9H2,1-2H3/t11-,12+,13?,17?,18-/m0/s1/i1D3,3D,6D,12D,13D,17D. The van der Waals surface area contributed by atoms with Gasteiger partial charge in [0.2, 0.25) is 0 Å². The Hall–Kier alpha value is -1.52. The third-order valence-electron chi connectivity index (χ3n) is 5.32. The van der Waals surface area contributed by atoms with E-state index in [0.29, 0.717) is 5.56 Å². The van der Waals surface area contributed by atoms with Gasteiger partial charge in [-0.1, -0.05) is 18.2 Å². The first kappa shape index (κ1) is 7.37. The van der Waals surface area contributed by atoms with Gasteiger partial charge in [-0.25, -0.2) is 0 Å². The molecule has 1 aromatic rings. The third-order valence-corrected chi connectivity index (χ3v) is 5.32. The highest BCUT2D eigenvalue weighted by atomic mass is 16.5. The fraction of sp³-hybridized carbons (Fsp3) is 0.556. The molecular formula is C18H21NO3. The van der Waals surface area contributed by atoms with Gasteiger partial charge in [0.25, 0.3) is 0 Å². The summed E-state index contributed by atoms with van der Waals surface area (Å²) < 4.78 is 78.8. The maximum atomic E-state index is 10.9. The van der Waals surface area contributed by atoms with Crippen molar-refractivity contribution < 1.29 is 25.5 Å². The number of hydrogen-bond donors (Lipinski definition) is 1. The Labute approximate surface area is 141 Å². The smallest absolute Gasteiger partial charge is 0.165 e. The van der Waals surface area contributed by atoms with Gasteiger partial charge in [-0.2, -0.15) is 0 Å². The lowest BCUT2D eigenvalue weighted by atomic mass is 9.53. The van der Waals surface area contributed by atoms with Gasteiger partial charge in [-0.05, 0) is 38.0 Å². The summed E-state index contributed by atoms with van der Waals surface area (Å²) in [5.74, 6) is -0.900. The minimum Gasteiger partial charge on any atom is -0.493 e. The van der Waals surface area contributed by atoms with Crippen molar-refractivity contribution in [3.8, 4) is 11.5 Å². The number of likely N-dealkylation sites (tertiary alicyclic amines) is 1. The maximum Gasteiger partial charge on any atom is 0.165 e. The first-order valence-electron chi connectivity index (χ1n) is 11.4. The van der Waals surface area contributed by atoms with Crippen LogP contribution < -0.4 is 9.47 Å². The highest BCUT2D eigenvalue weighted by Crippen LogP contribution is 2.62. The summed E-state index contributed by atoms with van der Waals surface area (Å²) in [4.78, 5) is 1.09. The zero-order valence-electron chi connectivity index (χ0n) is 20.1. The van der Waals surface area contributed by atoms with Crippen LogP contribution in [0.15, 0.2) is 24.2 Å². The molecule has 4 aliphatic rings. The molecule has 116 valence electrons. The zero-order valence-corrected chi connectivity index (χ0v) is 12.1. The number of rotatable bonds is 1. The summed E-state index contributed by atoms with van der Waals surface area (Å²) in [7, 11) is 1.31. The molecule has 2 unspecified atom stereocenters. The highest BCUT2D eigenvalue weighted by molar-refractivity contribution is 5.62. The van der Waals surface area contributed by atoms with Gasteiger partial charge < -0.3 is 19.5 Å². The van der Waals surface area contributed by atoms with E-state index >= 15 is 0 Å². The molecule has 2 bridgehead atoms. The van der Waals surface area contributed by atoms with Crippen molar-refractivity contribution in [1.29, 1.82) is 0 Å². The molecule has 0 radical (unpaired) electrons. The molecule has 4 heteroatoms. The van der Waals surface area contributed by atoms with Gasteiger partial charge in [0.15, 0.2) is 11.5 Å². The first-order valence-corrected chi connectivity index (χ1v) is 7.35. The normalized spacial score (nSPS) is 56.9. The average molecular weight is 307 g/mol. The van der Waals surface area contributed by atoms with Crippen LogP contribution in [-0.4, -0.2) is 48.8 Å². The number of hydrogen-bond acceptors (Lipinski definition) is 4. The molecule has 5 atom stereocenters. The Kier molecular flexibility index (Phi) is 1.36. The van der Waals surface area contributed by atoms with E-state index < -0.39 is 36.5 Å². The van der Waals surface area contributed by atoms with E-state index in [2.05, 4.69) is 0 Å². The van der Waals surface area contributed by atoms with Crippen molar-refractivity contribution in [1.82, 2.24) is 4.90 Å². The Bertz CT molecular complexity index is 1010. The number of likely N-dealkylation sites (N-methyl/N-ethyl adjacent to an activating group) is 1. The van der Waals surface area contributed by atoms with Crippen molar-refractivity contribution >= 4 is 0 Å². The van der Waals surface area contributed by atoms with E-state index in [-0.39, 0.29) is 48.5 Å². The zero-order chi connectivity index (χ0) is 22.1. The van der Waals surface area contributed by atoms with Crippen LogP contribution >= 0.6 is 0 Å². The van der Waals surface area contributed by atoms with Crippen LogP contribution in [0.2, 0.25) is 0 Å². The predicted octanol–water partition coefficient (Wildman–Crippen LogP) is 1.50. The van der Waals surface area contributed by atoms with Crippen molar-refractivity contribution in [2.75, 3.05) is 20.6 Å². The quantitative estimate of drug-likeness (QED) is 0.799. The predicted molar refractivity (Wildman–Crippen MR) is 82.5 cm³/mol. The molecule has 0 aromatic heterocycles. The van der Waals surface area contributed by atoms with Gasteiger partial charge in [-0.3, -0.25) is 0 Å². The topological polar surface area (TPSA) is 41.9 Å². The molecule has 0 saturated carbocycles. The van der Waals surface area contributed by atoms with E-state index in [1.165, 1.54) is 13.2 Å². The van der Waals surface area contributed by atoms with Crippen LogP contribution in [-0.2, 0) is 11.8 Å². The second kappa shape index (κ2) is 4.06. The van der Waals surface area contributed by atoms with Crippen molar-refractivity contribution in [3.63, 3.8) is 0 Å². The fourth-order valence-corrected chi connectivity index (χ4v) is 4.43. The lowest BCUT2D eigenvalue weighted by molar-refractivity contribution is -0.0453. The molecular weight excluding hydrogens is 278 g/mol. The van der Waals surface area contributed by atoms with Gasteiger partial charge >= 0.3 is 0 Å². The highest BCUT2D eigenvalue weighted by Gasteiger charge is 2.64. The Morgan fingerprint density at radius 3 is 3.27 bits per heavy atom. The van der Waals surface area contributed by atoms with Crippen LogP contribution in [0.5, 0.6) is 11.5 Å². The minimum atomic E-state index is -2.59. The Morgan fingerprint density at radius 2 is 2.45 bits per heavy atom. The van der Waals surface area contributed by atoms with E-state index in [4.69, 9.17) is 19.1 Å². The molecule has 2 aliphatic heterocycles. The molecule has 1 fully saturated rings. The summed E-state index contributed by atoms with van der Waals surface area (Å²) >= 11 is 0. The van der Waals surface area contributed by atoms with E-state index in [9.17, 15) is 6.48 Å². The van der Waals surface area contributed by atoms with E-state index in [0.717, 1.165) is 11.0 Å². The lowest BCUT2D eigenvalue weighted by Crippen LogP contribution is -2.64. The molecule has 5 rings (SSSR count). The summed E-state index contributed by atoms with van der Waals surface area (Å²) in [6.07, 6.45) is -2.37. The SMILES string of the molecule is [2H]c1c([2H])c(OC)c2c3c1C[C@]1([2H])[C@@H]4C=CC([2H])(O)C([2H])(O2)[C@]34CCN1C([2H])([2H])[2H]. The molecule has 1 aromatic carbocycles. The van der Waals surface area contributed by atoms with E-state index in [1.54, 1.807) is 0 Å². The van der Waals surface area contributed by atoms with Gasteiger partial charge in [0, 0.05) is 28.4 Å². The van der Waals surface area contributed by atoms with Gasteiger partial charge in [0.05, 0.1) is 12.6 Å². The second-order valence-electron chi connectivity index (χ2n) is 6.16. The largest absolute Gasteiger partial charge is 0.493 e. The summed E-state index contributed by atoms with van der Waals surface area (Å²) in [5, 5.41) is 10.9. The van der Waals surface area contributed by atoms with Crippen LogP contribution in [0.25, 0.3) is 0 Å². The molecule has 2 aliphatic carbocycles. The summed E-state index contributed by atoms with van der Waals surface area (Å²) in [5.41, 5.74) is -0.791. The number of benzene rings is 1. The first-order chi connectivity index (χ1) is 13.8. The molecule has 0 amide bonds. The fourth-order valence-electron chi connectivity index (χ4n) is 4.43. The van der Waals surface area contributed by atoms with Crippen molar-refractivity contribution in [3.05, 3.63) is 35.4 Å². The molecule has 1 saturated heterocycles. The number of nitrogens with zero attached hydrogens (tertiary/aromatic N) is 1. The third kappa shape index (κ3) is 1.28. The molecule has 4 nitrogen and oxygen atoms in total. The number of piperidine rings is 1. The van der Waals surface area contributed by atoms with Crippen molar-refractivity contribution in [2.24, 2.45) is 5.92 Å². The molecule has 22 heavy (non-hydrogen) atoms. The summed E-state index contributed by atoms with van der Waals surface area (Å²) in [6.45, 7) is -2.66. The van der Waals surface area contributed by atoms with Crippen LogP contribution in [0.4, 0.5) is 0 Å². The van der Waals surface area contributed by atoms with Crippen LogP contribution in [0, 0.1) is 5.92 Å². The van der Waals surface area contributed by atoms with Gasteiger partial charge in [-0.15, -0.1) is 0 Å². The molecule has 1 N–H and O–H groups in total. The minimum absolute atomic E-state index is 0.0334. The Balaban J connectivity index is 1.92. The lowest BCUT2D eigenvalue weighted by Gasteiger charge is -2.56. The Morgan fingerprint density at radius 1 is 1.55 bits per heavy atom. The molecule has 1 spiro atoms. The average Bonchev–Trinajstić information content (AvgIpc) is 2.88. The number of ether oxygens (including phenoxy) is 2. The second-order valence-corrected chi connectivity index (χ2v) is 6.16. The van der Waals surface area contributed by atoms with Crippen molar-refractivity contribution in [2.45, 2.75) is 36.4 Å². The monoisotopic (exact) mass is 307 g/mol. The molecule has 2 heterocycles. The van der Waals surface area contributed by atoms with Crippen LogP contribution in [0.3, 0.4) is 0 Å².